The number of hydrogen-bond acceptors (Lipinski definition) is 9. The maximum Gasteiger partial charge on any atom is 0.266 e. The van der Waals surface area contributed by atoms with Crippen molar-refractivity contribution in [3.05, 3.63) is 40.1 Å². The van der Waals surface area contributed by atoms with Crippen LogP contribution in [0.4, 0.5) is 5.88 Å². The first-order valence-corrected chi connectivity index (χ1v) is 14.2. The lowest BCUT2D eigenvalue weighted by Gasteiger charge is -2.26. The molecule has 1 aromatic carbocycles. The SMILES string of the molecule is Cc1ccc(S(=O)(=O)c2nc(C=C3SC(=S)N(CCC(C)C)C3=O)oc2N2CCOCC2)cc1C. The highest BCUT2D eigenvalue weighted by Gasteiger charge is 2.35. The molecule has 0 N–H and O–H groups in total. The van der Waals surface area contributed by atoms with E-state index in [2.05, 4.69) is 18.8 Å². The largest absolute Gasteiger partial charge is 0.420 e. The number of aryl methyl sites for hydroxylation is 2. The predicted octanol–water partition coefficient (Wildman–Crippen LogP) is 4.21. The van der Waals surface area contributed by atoms with Crippen molar-refractivity contribution in [3.8, 4) is 0 Å². The second-order valence-corrected chi connectivity index (χ2v) is 12.6. The minimum absolute atomic E-state index is 0.0539. The van der Waals surface area contributed by atoms with Gasteiger partial charge in [-0.1, -0.05) is 43.9 Å². The first kappa shape index (κ1) is 25.9. The van der Waals surface area contributed by atoms with Gasteiger partial charge in [0, 0.05) is 25.7 Å². The van der Waals surface area contributed by atoms with E-state index in [-0.39, 0.29) is 27.6 Å². The molecule has 0 aliphatic carbocycles. The van der Waals surface area contributed by atoms with Gasteiger partial charge in [0.15, 0.2) is 0 Å². The number of oxazole rings is 1. The molecule has 2 aliphatic heterocycles. The van der Waals surface area contributed by atoms with Gasteiger partial charge in [-0.3, -0.25) is 9.69 Å². The molecule has 35 heavy (non-hydrogen) atoms. The third-order valence-corrected chi connectivity index (χ3v) is 9.02. The summed E-state index contributed by atoms with van der Waals surface area (Å²) in [6.07, 6.45) is 2.32. The Kier molecular flexibility index (Phi) is 7.70. The van der Waals surface area contributed by atoms with E-state index in [1.807, 2.05) is 18.7 Å². The lowest BCUT2D eigenvalue weighted by atomic mass is 10.1. The van der Waals surface area contributed by atoms with Gasteiger partial charge in [0.05, 0.1) is 23.0 Å². The fourth-order valence-corrected chi connectivity index (χ4v) is 6.39. The van der Waals surface area contributed by atoms with E-state index in [0.29, 0.717) is 48.0 Å². The zero-order valence-corrected chi connectivity index (χ0v) is 22.7. The van der Waals surface area contributed by atoms with Crippen LogP contribution in [-0.4, -0.2) is 61.4 Å². The van der Waals surface area contributed by atoms with E-state index in [1.54, 1.807) is 23.1 Å². The Bertz CT molecular complexity index is 1280. The summed E-state index contributed by atoms with van der Waals surface area (Å²) in [7, 11) is -3.97. The smallest absolute Gasteiger partial charge is 0.266 e. The number of nitrogens with zero attached hydrogens (tertiary/aromatic N) is 3. The zero-order valence-electron chi connectivity index (χ0n) is 20.2. The Hall–Kier alpha value is -2.21. The monoisotopic (exact) mass is 535 g/mol. The quantitative estimate of drug-likeness (QED) is 0.382. The number of thiocarbonyl (C=S) groups is 1. The van der Waals surface area contributed by atoms with Gasteiger partial charge in [-0.2, -0.15) is 4.98 Å². The van der Waals surface area contributed by atoms with Crippen molar-refractivity contribution in [1.82, 2.24) is 9.88 Å². The number of amides is 1. The lowest BCUT2D eigenvalue weighted by Crippen LogP contribution is -2.36. The van der Waals surface area contributed by atoms with E-state index >= 15 is 0 Å². The number of carbonyl (C=O) groups excluding carboxylic acids is 1. The van der Waals surface area contributed by atoms with Crippen LogP contribution in [0.25, 0.3) is 6.08 Å². The summed E-state index contributed by atoms with van der Waals surface area (Å²) in [6.45, 7) is 10.4. The molecule has 0 atom stereocenters. The molecule has 2 aliphatic rings. The van der Waals surface area contributed by atoms with E-state index in [0.717, 1.165) is 17.5 Å². The number of ether oxygens (including phenoxy) is 1. The second-order valence-electron chi connectivity index (χ2n) is 9.03. The molecule has 0 saturated carbocycles. The molecule has 188 valence electrons. The molecule has 0 bridgehead atoms. The number of carbonyl (C=O) groups is 1. The third-order valence-electron chi connectivity index (χ3n) is 6.00. The standard InChI is InChI=1S/C24H29N3O5S3/c1-15(2)7-8-27-22(28)19(34-24(27)33)14-20-25-21(23(32-20)26-9-11-31-12-10-26)35(29,30)18-6-5-16(3)17(4)13-18/h5-6,13-15H,7-12H2,1-4H3. The molecule has 1 amide bonds. The van der Waals surface area contributed by atoms with Crippen LogP contribution in [0.2, 0.25) is 0 Å². The molecule has 0 radical (unpaired) electrons. The van der Waals surface area contributed by atoms with Crippen LogP contribution >= 0.6 is 24.0 Å². The lowest BCUT2D eigenvalue weighted by molar-refractivity contribution is -0.122. The molecule has 2 saturated heterocycles. The molecule has 0 spiro atoms. The van der Waals surface area contributed by atoms with Gasteiger partial charge in [-0.15, -0.1) is 0 Å². The Morgan fingerprint density at radius 1 is 1.20 bits per heavy atom. The van der Waals surface area contributed by atoms with Gasteiger partial charge in [0.1, 0.15) is 4.32 Å². The van der Waals surface area contributed by atoms with Crippen molar-refractivity contribution in [2.75, 3.05) is 37.7 Å². The van der Waals surface area contributed by atoms with Crippen LogP contribution in [0.5, 0.6) is 0 Å². The highest BCUT2D eigenvalue weighted by Crippen LogP contribution is 2.36. The van der Waals surface area contributed by atoms with Gasteiger partial charge in [-0.25, -0.2) is 8.42 Å². The molecular weight excluding hydrogens is 506 g/mol. The maximum atomic E-state index is 13.6. The van der Waals surface area contributed by atoms with E-state index < -0.39 is 9.84 Å². The van der Waals surface area contributed by atoms with E-state index in [9.17, 15) is 13.2 Å². The zero-order chi connectivity index (χ0) is 25.3. The summed E-state index contributed by atoms with van der Waals surface area (Å²) < 4.78 is 39.1. The number of anilines is 1. The van der Waals surface area contributed by atoms with Crippen LogP contribution in [0.15, 0.2) is 37.4 Å². The first-order valence-electron chi connectivity index (χ1n) is 11.5. The molecule has 3 heterocycles. The minimum atomic E-state index is -3.97. The summed E-state index contributed by atoms with van der Waals surface area (Å²) in [6, 6.07) is 5.00. The molecule has 4 rings (SSSR count). The van der Waals surface area contributed by atoms with Gasteiger partial charge < -0.3 is 14.1 Å². The number of thioether (sulfide) groups is 1. The third kappa shape index (κ3) is 5.47. The minimum Gasteiger partial charge on any atom is -0.420 e. The summed E-state index contributed by atoms with van der Waals surface area (Å²) in [5.41, 5.74) is 1.87. The van der Waals surface area contributed by atoms with E-state index in [4.69, 9.17) is 21.4 Å². The normalized spacial score (nSPS) is 18.4. The van der Waals surface area contributed by atoms with Gasteiger partial charge >= 0.3 is 0 Å². The Morgan fingerprint density at radius 2 is 1.91 bits per heavy atom. The van der Waals surface area contributed by atoms with Crippen molar-refractivity contribution < 1.29 is 22.4 Å². The number of hydrogen-bond donors (Lipinski definition) is 0. The highest BCUT2D eigenvalue weighted by atomic mass is 32.2. The van der Waals surface area contributed by atoms with Crippen molar-refractivity contribution >= 4 is 56.0 Å². The van der Waals surface area contributed by atoms with E-state index in [1.165, 1.54) is 17.8 Å². The van der Waals surface area contributed by atoms with Crippen molar-refractivity contribution in [2.45, 2.75) is 44.0 Å². The van der Waals surface area contributed by atoms with Crippen LogP contribution in [-0.2, 0) is 19.4 Å². The molecule has 2 aromatic rings. The number of sulfone groups is 1. The van der Waals surface area contributed by atoms with Crippen LogP contribution < -0.4 is 4.90 Å². The van der Waals surface area contributed by atoms with Crippen molar-refractivity contribution in [3.63, 3.8) is 0 Å². The van der Waals surface area contributed by atoms with Gasteiger partial charge in [0.2, 0.25) is 26.6 Å². The Morgan fingerprint density at radius 3 is 2.57 bits per heavy atom. The fourth-order valence-electron chi connectivity index (χ4n) is 3.70. The molecule has 8 nitrogen and oxygen atoms in total. The summed E-state index contributed by atoms with van der Waals surface area (Å²) in [5, 5.41) is -0.163. The first-order chi connectivity index (χ1) is 16.6. The Balaban J connectivity index is 1.73. The van der Waals surface area contributed by atoms with Crippen LogP contribution in [0.1, 0.15) is 37.3 Å². The molecule has 0 unspecified atom stereocenters. The number of morpholine rings is 1. The summed E-state index contributed by atoms with van der Waals surface area (Å²) >= 11 is 6.57. The van der Waals surface area contributed by atoms with Gasteiger partial charge in [0.25, 0.3) is 5.91 Å². The van der Waals surface area contributed by atoms with Crippen molar-refractivity contribution in [1.29, 1.82) is 0 Å². The highest BCUT2D eigenvalue weighted by molar-refractivity contribution is 8.26. The number of rotatable bonds is 7. The average molecular weight is 536 g/mol. The summed E-state index contributed by atoms with van der Waals surface area (Å²) in [4.78, 5) is 21.2. The molecule has 2 fully saturated rings. The molecular formula is C24H29N3O5S3. The molecule has 11 heteroatoms. The van der Waals surface area contributed by atoms with Crippen molar-refractivity contribution in [2.24, 2.45) is 5.92 Å². The maximum absolute atomic E-state index is 13.6. The van der Waals surface area contributed by atoms with Gasteiger partial charge in [-0.05, 0) is 49.4 Å². The average Bonchev–Trinajstić information content (AvgIpc) is 3.36. The Labute approximate surface area is 215 Å². The van der Waals surface area contributed by atoms with Crippen LogP contribution in [0.3, 0.4) is 0 Å². The summed E-state index contributed by atoms with van der Waals surface area (Å²) in [5.74, 6) is 0.432. The topological polar surface area (TPSA) is 93.0 Å². The van der Waals surface area contributed by atoms with Crippen LogP contribution in [0, 0.1) is 19.8 Å². The number of benzene rings is 1. The predicted molar refractivity (Wildman–Crippen MR) is 140 cm³/mol. The second kappa shape index (κ2) is 10.4. The molecule has 1 aromatic heterocycles. The number of aromatic nitrogens is 1. The fraction of sp³-hybridized carbons (Fsp3) is 0.458.